The first-order valence-electron chi connectivity index (χ1n) is 10.1. The molecular formula is C21H21FN8O2. The summed E-state index contributed by atoms with van der Waals surface area (Å²) in [5, 5.41) is 18.0. The number of hydrazone groups is 1. The van der Waals surface area contributed by atoms with Crippen LogP contribution in [-0.2, 0) is 0 Å². The first-order valence-corrected chi connectivity index (χ1v) is 10.1. The lowest BCUT2D eigenvalue weighted by Crippen LogP contribution is -2.31. The van der Waals surface area contributed by atoms with E-state index >= 15 is 0 Å². The molecule has 2 heterocycles. The van der Waals surface area contributed by atoms with Crippen LogP contribution < -0.4 is 15.6 Å². The normalized spacial score (nSPS) is 13.8. The maximum atomic E-state index is 13.8. The smallest absolute Gasteiger partial charge is 0.269 e. The molecule has 1 saturated heterocycles. The molecule has 0 atom stereocenters. The molecule has 2 N–H and O–H groups in total. The van der Waals surface area contributed by atoms with Crippen LogP contribution >= 0.6 is 0 Å². The Balaban J connectivity index is 1.57. The quantitative estimate of drug-likeness (QED) is 0.323. The minimum atomic E-state index is -0.462. The van der Waals surface area contributed by atoms with Gasteiger partial charge in [0.15, 0.2) is 0 Å². The van der Waals surface area contributed by atoms with Crippen LogP contribution in [0.1, 0.15) is 24.8 Å². The molecular weight excluding hydrogens is 415 g/mol. The maximum absolute atomic E-state index is 13.8. The van der Waals surface area contributed by atoms with Gasteiger partial charge in [0, 0.05) is 36.5 Å². The van der Waals surface area contributed by atoms with Gasteiger partial charge < -0.3 is 10.2 Å². The zero-order chi connectivity index (χ0) is 22.3. The average molecular weight is 436 g/mol. The maximum Gasteiger partial charge on any atom is 0.269 e. The molecule has 0 saturated carbocycles. The molecule has 4 rings (SSSR count). The average Bonchev–Trinajstić information content (AvgIpc) is 2.81. The van der Waals surface area contributed by atoms with Crippen LogP contribution in [0.3, 0.4) is 0 Å². The second-order valence-corrected chi connectivity index (χ2v) is 7.15. The highest BCUT2D eigenvalue weighted by Gasteiger charge is 2.16. The van der Waals surface area contributed by atoms with Gasteiger partial charge in [0.2, 0.25) is 17.8 Å². The highest BCUT2D eigenvalue weighted by molar-refractivity contribution is 5.80. The molecule has 1 fully saturated rings. The molecule has 32 heavy (non-hydrogen) atoms. The van der Waals surface area contributed by atoms with Crippen molar-refractivity contribution in [3.05, 3.63) is 70.0 Å². The Morgan fingerprint density at radius 3 is 2.44 bits per heavy atom. The highest BCUT2D eigenvalue weighted by atomic mass is 19.1. The van der Waals surface area contributed by atoms with Crippen LogP contribution in [0.25, 0.3) is 0 Å². The fourth-order valence-corrected chi connectivity index (χ4v) is 3.24. The molecule has 0 unspecified atom stereocenters. The molecule has 2 aromatic carbocycles. The number of anilines is 4. The zero-order valence-corrected chi connectivity index (χ0v) is 17.1. The first kappa shape index (κ1) is 21.1. The lowest BCUT2D eigenvalue weighted by molar-refractivity contribution is -0.384. The Morgan fingerprint density at radius 1 is 1.00 bits per heavy atom. The second-order valence-electron chi connectivity index (χ2n) is 7.15. The number of piperidine rings is 1. The third kappa shape index (κ3) is 5.31. The summed E-state index contributed by atoms with van der Waals surface area (Å²) in [5.41, 5.74) is 3.64. The molecule has 0 aliphatic carbocycles. The third-order valence-corrected chi connectivity index (χ3v) is 4.87. The van der Waals surface area contributed by atoms with E-state index in [1.165, 1.54) is 24.4 Å². The summed E-state index contributed by atoms with van der Waals surface area (Å²) in [7, 11) is 0. The summed E-state index contributed by atoms with van der Waals surface area (Å²) in [6.07, 6.45) is 4.60. The van der Waals surface area contributed by atoms with Gasteiger partial charge in [0.1, 0.15) is 5.82 Å². The summed E-state index contributed by atoms with van der Waals surface area (Å²) < 4.78 is 13.8. The minimum absolute atomic E-state index is 0.00922. The zero-order valence-electron chi connectivity index (χ0n) is 17.1. The van der Waals surface area contributed by atoms with Crippen LogP contribution in [0.15, 0.2) is 53.6 Å². The topological polar surface area (TPSA) is 121 Å². The van der Waals surface area contributed by atoms with Gasteiger partial charge in [-0.25, -0.2) is 9.82 Å². The number of halogens is 1. The molecule has 0 bridgehead atoms. The fraction of sp³-hybridized carbons (Fsp3) is 0.238. The van der Waals surface area contributed by atoms with Crippen molar-refractivity contribution in [3.63, 3.8) is 0 Å². The number of nitro benzene ring substituents is 1. The molecule has 11 heteroatoms. The lowest BCUT2D eigenvalue weighted by Gasteiger charge is -2.26. The summed E-state index contributed by atoms with van der Waals surface area (Å²) in [4.78, 5) is 25.7. The van der Waals surface area contributed by atoms with Crippen molar-refractivity contribution in [2.45, 2.75) is 19.3 Å². The van der Waals surface area contributed by atoms with E-state index in [1.54, 1.807) is 30.3 Å². The van der Waals surface area contributed by atoms with Gasteiger partial charge in [-0.2, -0.15) is 20.1 Å². The van der Waals surface area contributed by atoms with Crippen molar-refractivity contribution >= 4 is 35.4 Å². The number of nitrogens with zero attached hydrogens (tertiary/aromatic N) is 6. The van der Waals surface area contributed by atoms with Gasteiger partial charge in [-0.3, -0.25) is 10.1 Å². The van der Waals surface area contributed by atoms with E-state index < -0.39 is 4.92 Å². The monoisotopic (exact) mass is 436 g/mol. The van der Waals surface area contributed by atoms with Crippen LogP contribution in [-0.4, -0.2) is 39.2 Å². The molecule has 1 aliphatic rings. The van der Waals surface area contributed by atoms with E-state index in [9.17, 15) is 14.5 Å². The summed E-state index contributed by atoms with van der Waals surface area (Å²) in [5.74, 6) is 0.562. The van der Waals surface area contributed by atoms with Gasteiger partial charge in [-0.1, -0.05) is 18.2 Å². The number of hydrogen-bond acceptors (Lipinski definition) is 9. The van der Waals surface area contributed by atoms with Crippen LogP contribution in [0, 0.1) is 15.9 Å². The molecule has 1 aliphatic heterocycles. The van der Waals surface area contributed by atoms with E-state index in [2.05, 4.69) is 35.7 Å². The van der Waals surface area contributed by atoms with Crippen LogP contribution in [0.4, 0.5) is 33.6 Å². The molecule has 164 valence electrons. The van der Waals surface area contributed by atoms with Crippen molar-refractivity contribution < 1.29 is 9.31 Å². The second kappa shape index (κ2) is 9.77. The third-order valence-electron chi connectivity index (χ3n) is 4.87. The number of aromatic nitrogens is 3. The van der Waals surface area contributed by atoms with E-state index in [0.29, 0.717) is 17.2 Å². The van der Waals surface area contributed by atoms with E-state index in [-0.39, 0.29) is 23.4 Å². The van der Waals surface area contributed by atoms with E-state index in [4.69, 9.17) is 0 Å². The lowest BCUT2D eigenvalue weighted by atomic mass is 10.1. The molecule has 10 nitrogen and oxygen atoms in total. The standard InChI is InChI=1S/C21H21FN8O2/c22-18-7-3-2-6-15(18)14-23-28-20-25-19(24-16-8-10-17(11-9-16)30(31)32)26-21(27-20)29-12-4-1-5-13-29/h2-3,6-11,14H,1,4-5,12-13H2,(H2,24,25,26,27,28). The van der Waals surface area contributed by atoms with Crippen molar-refractivity contribution in [3.8, 4) is 0 Å². The van der Waals surface area contributed by atoms with Crippen LogP contribution in [0.5, 0.6) is 0 Å². The molecule has 0 radical (unpaired) electrons. The van der Waals surface area contributed by atoms with Gasteiger partial charge in [-0.05, 0) is 37.5 Å². The van der Waals surface area contributed by atoms with Gasteiger partial charge >= 0.3 is 0 Å². The number of nitro groups is 1. The van der Waals surface area contributed by atoms with Crippen molar-refractivity contribution in [1.29, 1.82) is 0 Å². The Labute approximate surface area is 183 Å². The number of benzene rings is 2. The molecule has 0 spiro atoms. The van der Waals surface area contributed by atoms with Gasteiger partial charge in [0.05, 0.1) is 11.1 Å². The Kier molecular flexibility index (Phi) is 6.44. The first-order chi connectivity index (χ1) is 15.6. The number of hydrogen-bond donors (Lipinski definition) is 2. The largest absolute Gasteiger partial charge is 0.341 e. The molecule has 0 amide bonds. The Morgan fingerprint density at radius 2 is 1.72 bits per heavy atom. The van der Waals surface area contributed by atoms with Crippen molar-refractivity contribution in [2.75, 3.05) is 28.7 Å². The minimum Gasteiger partial charge on any atom is -0.341 e. The summed E-state index contributed by atoms with van der Waals surface area (Å²) in [6, 6.07) is 12.2. The summed E-state index contributed by atoms with van der Waals surface area (Å²) in [6.45, 7) is 1.66. The Hall–Kier alpha value is -4.15. The van der Waals surface area contributed by atoms with Crippen molar-refractivity contribution in [1.82, 2.24) is 15.0 Å². The highest BCUT2D eigenvalue weighted by Crippen LogP contribution is 2.22. The van der Waals surface area contributed by atoms with Crippen molar-refractivity contribution in [2.24, 2.45) is 5.10 Å². The molecule has 1 aromatic heterocycles. The number of non-ortho nitro benzene ring substituents is 1. The predicted octanol–water partition coefficient (Wildman–Crippen LogP) is 4.10. The van der Waals surface area contributed by atoms with E-state index in [1.807, 2.05) is 0 Å². The molecule has 3 aromatic rings. The summed E-state index contributed by atoms with van der Waals surface area (Å²) >= 11 is 0. The van der Waals surface area contributed by atoms with Gasteiger partial charge in [0.25, 0.3) is 5.69 Å². The SMILES string of the molecule is O=[N+]([O-])c1ccc(Nc2nc(NN=Cc3ccccc3F)nc(N3CCCCC3)n2)cc1. The van der Waals surface area contributed by atoms with Gasteiger partial charge in [-0.15, -0.1) is 0 Å². The van der Waals surface area contributed by atoms with E-state index in [0.717, 1.165) is 32.4 Å². The fourth-order valence-electron chi connectivity index (χ4n) is 3.24. The predicted molar refractivity (Wildman–Crippen MR) is 120 cm³/mol. The van der Waals surface area contributed by atoms with Crippen LogP contribution in [0.2, 0.25) is 0 Å². The number of nitrogens with one attached hydrogen (secondary N) is 2. The number of rotatable bonds is 7. The Bertz CT molecular complexity index is 1120.